The van der Waals surface area contributed by atoms with Crippen molar-refractivity contribution in [3.63, 3.8) is 0 Å². The van der Waals surface area contributed by atoms with Crippen molar-refractivity contribution in [1.82, 2.24) is 24.2 Å². The van der Waals surface area contributed by atoms with E-state index in [9.17, 15) is 4.79 Å². The minimum atomic E-state index is -0.0380. The highest BCUT2D eigenvalue weighted by molar-refractivity contribution is 5.94. The molecule has 0 bridgehead atoms. The molecule has 0 aliphatic carbocycles. The van der Waals surface area contributed by atoms with Crippen LogP contribution >= 0.6 is 0 Å². The van der Waals surface area contributed by atoms with Crippen LogP contribution in [0.25, 0.3) is 5.65 Å². The number of imidazole rings is 1. The number of nitrogens with zero attached hydrogens (tertiary/aromatic N) is 5. The van der Waals surface area contributed by atoms with E-state index in [1.165, 1.54) is 11.1 Å². The standard InChI is InChI=1S/C27H31N5O/c1-4-31(19-23-12-15-28-16-13-23)20-24-25(29-26-21(2)9-8-17-32(24)26)27(33)30(3)18-14-22-10-6-5-7-11-22/h5-13,15-17H,4,14,18-20H2,1-3H3. The molecule has 4 rings (SSSR count). The van der Waals surface area contributed by atoms with Crippen LogP contribution in [-0.4, -0.2) is 50.2 Å². The van der Waals surface area contributed by atoms with Crippen LogP contribution in [0, 0.1) is 6.92 Å². The van der Waals surface area contributed by atoms with E-state index in [-0.39, 0.29) is 5.91 Å². The number of amides is 1. The highest BCUT2D eigenvalue weighted by Gasteiger charge is 2.24. The van der Waals surface area contributed by atoms with Gasteiger partial charge in [-0.25, -0.2) is 4.98 Å². The maximum atomic E-state index is 13.5. The van der Waals surface area contributed by atoms with E-state index in [0.29, 0.717) is 18.8 Å². The van der Waals surface area contributed by atoms with Crippen molar-refractivity contribution in [3.8, 4) is 0 Å². The number of benzene rings is 1. The van der Waals surface area contributed by atoms with Crippen molar-refractivity contribution in [2.45, 2.75) is 33.4 Å². The minimum absolute atomic E-state index is 0.0380. The Kier molecular flexibility index (Phi) is 7.15. The molecule has 0 saturated heterocycles. The molecule has 0 unspecified atom stereocenters. The Morgan fingerprint density at radius 2 is 1.73 bits per heavy atom. The largest absolute Gasteiger partial charge is 0.340 e. The van der Waals surface area contributed by atoms with Gasteiger partial charge in [-0.1, -0.05) is 43.3 Å². The number of aromatic nitrogens is 3. The van der Waals surface area contributed by atoms with Gasteiger partial charge in [0.05, 0.1) is 5.69 Å². The first kappa shape index (κ1) is 22.7. The Bertz CT molecular complexity index is 1200. The van der Waals surface area contributed by atoms with Gasteiger partial charge in [-0.2, -0.15) is 0 Å². The van der Waals surface area contributed by atoms with Gasteiger partial charge in [0, 0.05) is 45.3 Å². The van der Waals surface area contributed by atoms with Crippen LogP contribution < -0.4 is 0 Å². The molecule has 0 saturated carbocycles. The van der Waals surface area contributed by atoms with Gasteiger partial charge >= 0.3 is 0 Å². The van der Waals surface area contributed by atoms with Crippen LogP contribution in [0.1, 0.15) is 39.8 Å². The number of aryl methyl sites for hydroxylation is 1. The molecule has 0 atom stereocenters. The van der Waals surface area contributed by atoms with Gasteiger partial charge in [0.15, 0.2) is 5.69 Å². The van der Waals surface area contributed by atoms with Crippen molar-refractivity contribution in [1.29, 1.82) is 0 Å². The number of likely N-dealkylation sites (N-methyl/N-ethyl adjacent to an activating group) is 1. The zero-order valence-corrected chi connectivity index (χ0v) is 19.6. The molecular weight excluding hydrogens is 410 g/mol. The van der Waals surface area contributed by atoms with E-state index >= 15 is 0 Å². The Hall–Kier alpha value is -3.51. The summed E-state index contributed by atoms with van der Waals surface area (Å²) < 4.78 is 2.07. The van der Waals surface area contributed by atoms with Gasteiger partial charge in [-0.15, -0.1) is 0 Å². The number of hydrogen-bond acceptors (Lipinski definition) is 4. The van der Waals surface area contributed by atoms with Crippen LogP contribution in [0.5, 0.6) is 0 Å². The monoisotopic (exact) mass is 441 g/mol. The van der Waals surface area contributed by atoms with Crippen molar-refractivity contribution in [3.05, 3.63) is 101 Å². The van der Waals surface area contributed by atoms with E-state index < -0.39 is 0 Å². The van der Waals surface area contributed by atoms with Crippen LogP contribution in [0.15, 0.2) is 73.2 Å². The molecular formula is C27H31N5O. The molecule has 33 heavy (non-hydrogen) atoms. The molecule has 0 N–H and O–H groups in total. The Morgan fingerprint density at radius 3 is 2.45 bits per heavy atom. The molecule has 0 radical (unpaired) electrons. The molecule has 170 valence electrons. The predicted octanol–water partition coefficient (Wildman–Crippen LogP) is 4.37. The maximum absolute atomic E-state index is 13.5. The Balaban J connectivity index is 1.61. The molecule has 3 heterocycles. The zero-order valence-electron chi connectivity index (χ0n) is 19.6. The second-order valence-electron chi connectivity index (χ2n) is 8.41. The average Bonchev–Trinajstić information content (AvgIpc) is 3.22. The zero-order chi connectivity index (χ0) is 23.2. The van der Waals surface area contributed by atoms with E-state index in [1.807, 2.05) is 75.0 Å². The fraction of sp³-hybridized carbons (Fsp3) is 0.296. The summed E-state index contributed by atoms with van der Waals surface area (Å²) in [6, 6.07) is 18.4. The first-order valence-electron chi connectivity index (χ1n) is 11.4. The Morgan fingerprint density at radius 1 is 0.970 bits per heavy atom. The molecule has 0 fully saturated rings. The minimum Gasteiger partial charge on any atom is -0.340 e. The first-order chi connectivity index (χ1) is 16.1. The van der Waals surface area contributed by atoms with E-state index in [0.717, 1.165) is 36.4 Å². The average molecular weight is 442 g/mol. The molecule has 0 aliphatic rings. The quantitative estimate of drug-likeness (QED) is 0.387. The summed E-state index contributed by atoms with van der Waals surface area (Å²) in [5.74, 6) is -0.0380. The van der Waals surface area contributed by atoms with Crippen molar-refractivity contribution in [2.24, 2.45) is 0 Å². The van der Waals surface area contributed by atoms with Crippen LogP contribution in [0.4, 0.5) is 0 Å². The topological polar surface area (TPSA) is 53.7 Å². The lowest BCUT2D eigenvalue weighted by Gasteiger charge is -2.22. The first-order valence-corrected chi connectivity index (χ1v) is 11.4. The highest BCUT2D eigenvalue weighted by atomic mass is 16.2. The molecule has 0 aliphatic heterocycles. The Labute approximate surface area is 195 Å². The summed E-state index contributed by atoms with van der Waals surface area (Å²) >= 11 is 0. The lowest BCUT2D eigenvalue weighted by Crippen LogP contribution is -2.31. The smallest absolute Gasteiger partial charge is 0.274 e. The number of fused-ring (bicyclic) bond motifs is 1. The fourth-order valence-electron chi connectivity index (χ4n) is 4.04. The lowest BCUT2D eigenvalue weighted by molar-refractivity contribution is 0.0789. The SMILES string of the molecule is CCN(Cc1ccncc1)Cc1c(C(=O)N(C)CCc2ccccc2)nc2c(C)cccn12. The normalized spacial score (nSPS) is 11.3. The van der Waals surface area contributed by atoms with Gasteiger partial charge in [0.2, 0.25) is 0 Å². The molecule has 6 nitrogen and oxygen atoms in total. The van der Waals surface area contributed by atoms with E-state index in [2.05, 4.69) is 33.3 Å². The third kappa shape index (κ3) is 5.29. The van der Waals surface area contributed by atoms with Crippen molar-refractivity contribution in [2.75, 3.05) is 20.1 Å². The van der Waals surface area contributed by atoms with Gasteiger partial charge in [-0.3, -0.25) is 14.7 Å². The van der Waals surface area contributed by atoms with Crippen LogP contribution in [0.2, 0.25) is 0 Å². The summed E-state index contributed by atoms with van der Waals surface area (Å²) in [5.41, 5.74) is 5.78. The third-order valence-corrected chi connectivity index (χ3v) is 6.05. The summed E-state index contributed by atoms with van der Waals surface area (Å²) in [4.78, 5) is 26.6. The highest BCUT2D eigenvalue weighted by Crippen LogP contribution is 2.20. The molecule has 6 heteroatoms. The van der Waals surface area contributed by atoms with Crippen molar-refractivity contribution >= 4 is 11.6 Å². The maximum Gasteiger partial charge on any atom is 0.274 e. The molecule has 0 spiro atoms. The predicted molar refractivity (Wildman–Crippen MR) is 131 cm³/mol. The summed E-state index contributed by atoms with van der Waals surface area (Å²) in [6.07, 6.45) is 6.45. The molecule has 1 amide bonds. The fourth-order valence-corrected chi connectivity index (χ4v) is 4.04. The number of carbonyl (C=O) groups is 1. The molecule has 3 aromatic heterocycles. The summed E-state index contributed by atoms with van der Waals surface area (Å²) in [6.45, 7) is 7.10. The number of rotatable bonds is 9. The molecule has 4 aromatic rings. The number of pyridine rings is 2. The lowest BCUT2D eigenvalue weighted by atomic mass is 10.1. The van der Waals surface area contributed by atoms with Crippen LogP contribution in [-0.2, 0) is 19.5 Å². The van der Waals surface area contributed by atoms with Gasteiger partial charge in [0.1, 0.15) is 5.65 Å². The van der Waals surface area contributed by atoms with Gasteiger partial charge in [0.25, 0.3) is 5.91 Å². The number of hydrogen-bond donors (Lipinski definition) is 0. The second kappa shape index (κ2) is 10.4. The van der Waals surface area contributed by atoms with Crippen molar-refractivity contribution < 1.29 is 4.79 Å². The van der Waals surface area contributed by atoms with E-state index in [4.69, 9.17) is 4.98 Å². The van der Waals surface area contributed by atoms with Gasteiger partial charge < -0.3 is 9.30 Å². The number of carbonyl (C=O) groups excluding carboxylic acids is 1. The second-order valence-corrected chi connectivity index (χ2v) is 8.41. The molecule has 1 aromatic carbocycles. The summed E-state index contributed by atoms with van der Waals surface area (Å²) in [5, 5.41) is 0. The summed E-state index contributed by atoms with van der Waals surface area (Å²) in [7, 11) is 1.86. The van der Waals surface area contributed by atoms with E-state index in [1.54, 1.807) is 4.90 Å². The van der Waals surface area contributed by atoms with Gasteiger partial charge in [-0.05, 0) is 54.8 Å². The third-order valence-electron chi connectivity index (χ3n) is 6.05. The van der Waals surface area contributed by atoms with Crippen LogP contribution in [0.3, 0.4) is 0 Å².